The van der Waals surface area contributed by atoms with Crippen LogP contribution in [-0.4, -0.2) is 10.9 Å². The van der Waals surface area contributed by atoms with Gasteiger partial charge in [0, 0.05) is 17.8 Å². The first-order valence-corrected chi connectivity index (χ1v) is 10.4. The summed E-state index contributed by atoms with van der Waals surface area (Å²) in [5.74, 6) is 1.55. The van der Waals surface area contributed by atoms with E-state index in [0.29, 0.717) is 35.2 Å². The zero-order valence-corrected chi connectivity index (χ0v) is 21.2. The summed E-state index contributed by atoms with van der Waals surface area (Å²) in [6.45, 7) is 12.3. The van der Waals surface area contributed by atoms with Crippen LogP contribution in [0, 0.1) is 33.6 Å². The second-order valence-corrected chi connectivity index (χ2v) is 8.32. The molecule has 0 aliphatic rings. The van der Waals surface area contributed by atoms with Crippen molar-refractivity contribution in [2.24, 2.45) is 11.7 Å². The molecule has 1 aromatic carbocycles. The molecule has 0 radical (unpaired) electrons. The van der Waals surface area contributed by atoms with Gasteiger partial charge in [-0.1, -0.05) is 43.7 Å². The summed E-state index contributed by atoms with van der Waals surface area (Å²) in [6, 6.07) is 10.1. The first-order chi connectivity index (χ1) is 14.2. The van der Waals surface area contributed by atoms with Gasteiger partial charge >= 0.3 is 0 Å². The minimum absolute atomic E-state index is 0. The van der Waals surface area contributed by atoms with Crippen LogP contribution in [-0.2, 0) is 13.0 Å². The first-order valence-electron chi connectivity index (χ1n) is 10.4. The van der Waals surface area contributed by atoms with Gasteiger partial charge in [-0.2, -0.15) is 0 Å². The highest BCUT2D eigenvalue weighted by atomic mass is 35.5. The summed E-state index contributed by atoms with van der Waals surface area (Å²) in [4.78, 5) is 17.9. The Bertz CT molecular complexity index is 1070. The van der Waals surface area contributed by atoms with Crippen molar-refractivity contribution in [3.05, 3.63) is 69.9 Å². The van der Waals surface area contributed by atoms with Crippen LogP contribution >= 0.6 is 24.8 Å². The summed E-state index contributed by atoms with van der Waals surface area (Å²) in [7, 11) is 0. The molecule has 0 saturated carbocycles. The standard InChI is InChI=1S/C25H31N3O2.2ClH/c1-14(2)11-22-21(13-26)23(19-9-7-15(3)8-10-19)24(17(5)27-22)28-25(29)20-12-16(4)30-18(20)6;;/h7-10,12,14H,11,13,26H2,1-6H3,(H,28,29);2*1H. The molecule has 3 aromatic rings. The van der Waals surface area contributed by atoms with E-state index in [2.05, 4.69) is 50.4 Å². The van der Waals surface area contributed by atoms with Crippen LogP contribution in [0.1, 0.15) is 58.2 Å². The minimum Gasteiger partial charge on any atom is -0.466 e. The Balaban J connectivity index is 0.00000256. The molecule has 0 fully saturated rings. The lowest BCUT2D eigenvalue weighted by atomic mass is 9.92. The van der Waals surface area contributed by atoms with Gasteiger partial charge in [0.05, 0.1) is 16.9 Å². The van der Waals surface area contributed by atoms with Crippen LogP contribution in [0.25, 0.3) is 11.1 Å². The second kappa shape index (κ2) is 11.5. The molecule has 3 N–H and O–H groups in total. The Morgan fingerprint density at radius 1 is 1.09 bits per heavy atom. The fourth-order valence-electron chi connectivity index (χ4n) is 3.81. The van der Waals surface area contributed by atoms with E-state index in [4.69, 9.17) is 15.1 Å². The van der Waals surface area contributed by atoms with Crippen molar-refractivity contribution in [2.75, 3.05) is 5.32 Å². The number of furan rings is 1. The predicted molar refractivity (Wildman–Crippen MR) is 136 cm³/mol. The third-order valence-corrected chi connectivity index (χ3v) is 5.23. The molecule has 1 amide bonds. The Morgan fingerprint density at radius 2 is 1.72 bits per heavy atom. The highest BCUT2D eigenvalue weighted by Gasteiger charge is 2.22. The number of nitrogens with one attached hydrogen (secondary N) is 1. The molecular weight excluding hydrogens is 445 g/mol. The molecule has 0 spiro atoms. The summed E-state index contributed by atoms with van der Waals surface area (Å²) in [5, 5.41) is 3.10. The van der Waals surface area contributed by atoms with Gasteiger partial charge in [0.25, 0.3) is 5.91 Å². The molecular formula is C25H33Cl2N3O2. The number of rotatable bonds is 6. The van der Waals surface area contributed by atoms with Crippen LogP contribution in [0.5, 0.6) is 0 Å². The Hall–Kier alpha value is -2.34. The Morgan fingerprint density at radius 3 is 2.22 bits per heavy atom. The van der Waals surface area contributed by atoms with Gasteiger partial charge in [0.1, 0.15) is 11.5 Å². The Kier molecular flexibility index (Phi) is 9.96. The molecule has 0 unspecified atom stereocenters. The minimum atomic E-state index is -0.206. The Labute approximate surface area is 203 Å². The van der Waals surface area contributed by atoms with Gasteiger partial charge in [-0.05, 0) is 57.2 Å². The fraction of sp³-hybridized carbons (Fsp3) is 0.360. The SMILES string of the molecule is Cc1ccc(-c2c(CN)c(CC(C)C)nc(C)c2NC(=O)c2cc(C)oc2C)cc1.Cl.Cl. The maximum Gasteiger partial charge on any atom is 0.259 e. The highest BCUT2D eigenvalue weighted by molar-refractivity contribution is 6.07. The van der Waals surface area contributed by atoms with Gasteiger partial charge < -0.3 is 15.5 Å². The summed E-state index contributed by atoms with van der Waals surface area (Å²) >= 11 is 0. The second-order valence-electron chi connectivity index (χ2n) is 8.32. The number of anilines is 1. The largest absolute Gasteiger partial charge is 0.466 e. The van der Waals surface area contributed by atoms with Crippen molar-refractivity contribution in [1.82, 2.24) is 4.98 Å². The normalized spacial score (nSPS) is 10.5. The number of carbonyl (C=O) groups is 1. The maximum absolute atomic E-state index is 13.1. The van der Waals surface area contributed by atoms with Crippen molar-refractivity contribution >= 4 is 36.4 Å². The van der Waals surface area contributed by atoms with Crippen molar-refractivity contribution < 1.29 is 9.21 Å². The molecule has 2 aromatic heterocycles. The number of nitrogens with zero attached hydrogens (tertiary/aromatic N) is 1. The van der Waals surface area contributed by atoms with Crippen LogP contribution < -0.4 is 11.1 Å². The quantitative estimate of drug-likeness (QED) is 0.434. The van der Waals surface area contributed by atoms with Crippen LogP contribution in [0.2, 0.25) is 0 Å². The molecule has 32 heavy (non-hydrogen) atoms. The monoisotopic (exact) mass is 477 g/mol. The molecule has 174 valence electrons. The number of halogens is 2. The fourth-order valence-corrected chi connectivity index (χ4v) is 3.81. The maximum atomic E-state index is 13.1. The lowest BCUT2D eigenvalue weighted by Gasteiger charge is -2.21. The van der Waals surface area contributed by atoms with Crippen LogP contribution in [0.15, 0.2) is 34.7 Å². The van der Waals surface area contributed by atoms with Gasteiger partial charge in [0.15, 0.2) is 0 Å². The topological polar surface area (TPSA) is 81.1 Å². The van der Waals surface area contributed by atoms with E-state index in [-0.39, 0.29) is 30.7 Å². The predicted octanol–water partition coefficient (Wildman–Crippen LogP) is 6.33. The lowest BCUT2D eigenvalue weighted by molar-refractivity contribution is 0.102. The molecule has 0 aliphatic carbocycles. The zero-order valence-electron chi connectivity index (χ0n) is 19.5. The van der Waals surface area contributed by atoms with Crippen LogP contribution in [0.3, 0.4) is 0 Å². The number of carbonyl (C=O) groups excluding carboxylic acids is 1. The number of amides is 1. The van der Waals surface area contributed by atoms with E-state index < -0.39 is 0 Å². The van der Waals surface area contributed by atoms with Gasteiger partial charge in [-0.3, -0.25) is 9.78 Å². The number of aromatic nitrogens is 1. The smallest absolute Gasteiger partial charge is 0.259 e. The average molecular weight is 478 g/mol. The zero-order chi connectivity index (χ0) is 22.0. The van der Waals surface area contributed by atoms with Crippen molar-refractivity contribution in [2.45, 2.75) is 54.5 Å². The van der Waals surface area contributed by atoms with E-state index in [1.165, 1.54) is 5.56 Å². The number of nitrogens with two attached hydrogens (primary N) is 1. The molecule has 7 heteroatoms. The molecule has 0 atom stereocenters. The number of aryl methyl sites for hydroxylation is 4. The van der Waals surface area contributed by atoms with Crippen molar-refractivity contribution in [1.29, 1.82) is 0 Å². The van der Waals surface area contributed by atoms with E-state index in [0.717, 1.165) is 34.5 Å². The van der Waals surface area contributed by atoms with E-state index in [9.17, 15) is 4.79 Å². The van der Waals surface area contributed by atoms with Gasteiger partial charge in [-0.25, -0.2) is 0 Å². The van der Waals surface area contributed by atoms with Gasteiger partial charge in [-0.15, -0.1) is 24.8 Å². The van der Waals surface area contributed by atoms with Crippen molar-refractivity contribution in [3.8, 4) is 11.1 Å². The number of hydrogen-bond donors (Lipinski definition) is 2. The summed E-state index contributed by atoms with van der Waals surface area (Å²) in [6.07, 6.45) is 0.834. The number of pyridine rings is 1. The first kappa shape index (κ1) is 27.7. The third kappa shape index (κ3) is 5.91. The van der Waals surface area contributed by atoms with Crippen LogP contribution in [0.4, 0.5) is 5.69 Å². The number of benzene rings is 1. The van der Waals surface area contributed by atoms with Crippen molar-refractivity contribution in [3.63, 3.8) is 0 Å². The summed E-state index contributed by atoms with van der Waals surface area (Å²) in [5.41, 5.74) is 13.4. The molecule has 0 aliphatic heterocycles. The molecule has 2 heterocycles. The molecule has 5 nitrogen and oxygen atoms in total. The number of hydrogen-bond acceptors (Lipinski definition) is 4. The van der Waals surface area contributed by atoms with E-state index in [1.807, 2.05) is 13.8 Å². The third-order valence-electron chi connectivity index (χ3n) is 5.23. The molecule has 0 saturated heterocycles. The highest BCUT2D eigenvalue weighted by Crippen LogP contribution is 2.36. The summed E-state index contributed by atoms with van der Waals surface area (Å²) < 4.78 is 5.54. The van der Waals surface area contributed by atoms with E-state index >= 15 is 0 Å². The average Bonchev–Trinajstić information content (AvgIpc) is 3.02. The van der Waals surface area contributed by atoms with E-state index in [1.54, 1.807) is 13.0 Å². The molecule has 3 rings (SSSR count). The lowest BCUT2D eigenvalue weighted by Crippen LogP contribution is -2.18. The van der Waals surface area contributed by atoms with Gasteiger partial charge in [0.2, 0.25) is 0 Å². The molecule has 0 bridgehead atoms.